The average Bonchev–Trinajstić information content (AvgIpc) is 3.45. The van der Waals surface area contributed by atoms with Gasteiger partial charge in [-0.1, -0.05) is 0 Å². The highest BCUT2D eigenvalue weighted by molar-refractivity contribution is 5.77. The Morgan fingerprint density at radius 1 is 0.556 bits per heavy atom. The molecule has 5 fully saturated rings. The molecule has 36 heteroatoms. The van der Waals surface area contributed by atoms with Crippen LogP contribution >= 0.6 is 0 Å². The van der Waals surface area contributed by atoms with Gasteiger partial charge in [-0.05, 0) is 6.92 Å². The van der Waals surface area contributed by atoms with E-state index in [4.69, 9.17) is 47.4 Å². The quantitative estimate of drug-likeness (QED) is 0.0404. The number of nitrogens with one attached hydrogen (secondary N) is 3. The number of aliphatic hydroxyl groups excluding tert-OH is 18. The predicted molar refractivity (Wildman–Crippen MR) is 252 cm³/mol. The van der Waals surface area contributed by atoms with Crippen LogP contribution in [-0.2, 0) is 66.5 Å². The molecule has 5 aliphatic rings. The Kier molecular flexibility index (Phi) is 25.1. The molecule has 36 nitrogen and oxygen atoms in total. The molecule has 5 heterocycles. The van der Waals surface area contributed by atoms with Crippen molar-refractivity contribution in [2.24, 2.45) is 0 Å². The summed E-state index contributed by atoms with van der Waals surface area (Å²) in [5, 5.41) is 212. The van der Waals surface area contributed by atoms with Crippen molar-refractivity contribution in [3.63, 3.8) is 0 Å². The van der Waals surface area contributed by atoms with Crippen LogP contribution in [0.2, 0.25) is 0 Å². The number of hydrogen-bond donors (Lipinski definition) is 22. The Hall–Kier alpha value is -3.24. The SMILES string of the molecule is CC(=O)N[C@H]1[C@H](O[C@H]2[C@@H](O)[C@@H](CO)O[C@@H](O[C@@H]([C@@H](O)[C@H](O)CO)[C@H](CO)NC(C)=O)[C@@H]2O)O[C@H](CO)[C@@H](O[C@@H]2O[C@H](CO)[C@H](O)[C@H](O[C@]3(C(=O)O)C[C@H](O)[C@@H](NC(C)=O)[C@H]([C@H](O)[C@H](O)CO)O3)[C@H]2O)[C@@H]1O[C@@H]1O[C@@H](C)[C@@H](O)[C@@H](O)[C@@H]1O. The number of rotatable bonds is 25. The van der Waals surface area contributed by atoms with Crippen LogP contribution in [0, 0.1) is 0 Å². The zero-order valence-electron chi connectivity index (χ0n) is 43.9. The van der Waals surface area contributed by atoms with Gasteiger partial charge in [0.15, 0.2) is 25.2 Å². The van der Waals surface area contributed by atoms with Crippen molar-refractivity contribution in [2.45, 2.75) is 217 Å². The highest BCUT2D eigenvalue weighted by atomic mass is 16.8. The summed E-state index contributed by atoms with van der Waals surface area (Å²) in [4.78, 5) is 50.6. The molecule has 0 bridgehead atoms. The number of carboxylic acids is 1. The van der Waals surface area contributed by atoms with Crippen molar-refractivity contribution in [2.75, 3.05) is 39.6 Å². The van der Waals surface area contributed by atoms with Gasteiger partial charge in [-0.3, -0.25) is 14.4 Å². The second kappa shape index (κ2) is 29.7. The summed E-state index contributed by atoms with van der Waals surface area (Å²) in [6.45, 7) is -2.64. The summed E-state index contributed by atoms with van der Waals surface area (Å²) in [5.74, 6) is -8.01. The van der Waals surface area contributed by atoms with Gasteiger partial charge >= 0.3 is 5.97 Å². The molecule has 22 N–H and O–H groups in total. The van der Waals surface area contributed by atoms with Gasteiger partial charge in [0, 0.05) is 27.2 Å². The maximum Gasteiger partial charge on any atom is 0.364 e. The molecule has 0 spiro atoms. The minimum Gasteiger partial charge on any atom is -0.477 e. The number of carbonyl (C=O) groups excluding carboxylic acids is 3. The number of aliphatic carboxylic acids is 1. The molecule has 0 aromatic rings. The molecule has 5 rings (SSSR count). The molecule has 30 atom stereocenters. The Morgan fingerprint density at radius 2 is 1.06 bits per heavy atom. The fraction of sp³-hybridized carbons (Fsp3) is 0.911. The molecule has 81 heavy (non-hydrogen) atoms. The third-order valence-corrected chi connectivity index (χ3v) is 14.2. The largest absolute Gasteiger partial charge is 0.477 e. The van der Waals surface area contributed by atoms with Gasteiger partial charge in [-0.15, -0.1) is 0 Å². The van der Waals surface area contributed by atoms with E-state index in [1.807, 2.05) is 0 Å². The normalized spacial score (nSPS) is 42.6. The van der Waals surface area contributed by atoms with E-state index < -0.39 is 253 Å². The molecular weight excluding hydrogens is 1110 g/mol. The van der Waals surface area contributed by atoms with E-state index in [-0.39, 0.29) is 0 Å². The van der Waals surface area contributed by atoms with E-state index in [1.54, 1.807) is 0 Å². The summed E-state index contributed by atoms with van der Waals surface area (Å²) in [6, 6.07) is -5.30. The van der Waals surface area contributed by atoms with E-state index >= 15 is 0 Å². The maximum atomic E-state index is 13.2. The zero-order valence-corrected chi connectivity index (χ0v) is 43.9. The van der Waals surface area contributed by atoms with Crippen LogP contribution in [-0.4, -0.2) is 344 Å². The summed E-state index contributed by atoms with van der Waals surface area (Å²) in [5.41, 5.74) is 0. The zero-order chi connectivity index (χ0) is 60.7. The first-order valence-electron chi connectivity index (χ1n) is 25.5. The summed E-state index contributed by atoms with van der Waals surface area (Å²) in [6.07, 6.45) is -55.7. The third-order valence-electron chi connectivity index (χ3n) is 14.2. The molecule has 470 valence electrons. The van der Waals surface area contributed by atoms with Crippen molar-refractivity contribution in [3.8, 4) is 0 Å². The van der Waals surface area contributed by atoms with E-state index in [2.05, 4.69) is 16.0 Å². The summed E-state index contributed by atoms with van der Waals surface area (Å²) in [7, 11) is 0. The van der Waals surface area contributed by atoms with Gasteiger partial charge in [0.1, 0.15) is 128 Å². The van der Waals surface area contributed by atoms with E-state index in [0.29, 0.717) is 0 Å². The first kappa shape index (κ1) is 68.5. The fourth-order valence-electron chi connectivity index (χ4n) is 9.96. The second-order valence-electron chi connectivity index (χ2n) is 20.1. The lowest BCUT2D eigenvalue weighted by atomic mass is 9.88. The molecule has 0 aliphatic carbocycles. The molecule has 0 radical (unpaired) electrons. The number of aliphatic hydroxyl groups is 18. The van der Waals surface area contributed by atoms with Crippen LogP contribution in [0.3, 0.4) is 0 Å². The minimum absolute atomic E-state index is 0.804. The molecule has 0 aromatic heterocycles. The Bertz CT molecular complexity index is 2020. The molecule has 5 saturated heterocycles. The second-order valence-corrected chi connectivity index (χ2v) is 20.1. The van der Waals surface area contributed by atoms with Gasteiger partial charge in [-0.25, -0.2) is 4.79 Å². The first-order valence-corrected chi connectivity index (χ1v) is 25.5. The lowest BCUT2D eigenvalue weighted by molar-refractivity contribution is -0.397. The van der Waals surface area contributed by atoms with Gasteiger partial charge in [0.25, 0.3) is 5.79 Å². The van der Waals surface area contributed by atoms with Crippen molar-refractivity contribution >= 4 is 23.7 Å². The number of carbonyl (C=O) groups is 4. The number of amides is 3. The molecular formula is C45H77N3O33. The first-order chi connectivity index (χ1) is 38.0. The molecule has 0 aromatic carbocycles. The topological polar surface area (TPSA) is 581 Å². The Morgan fingerprint density at radius 3 is 1.59 bits per heavy atom. The van der Waals surface area contributed by atoms with E-state index in [9.17, 15) is 116 Å². The standard InChI is InChI=1S/C45H77N3O33/c1-12-25(61)30(66)31(67)41(72-12)78-37-24(48-15(4)57)40(79-38-28(64)20(9-52)73-42(32(38)68)76-34(26(62)18(59)7-50)16(6-49)46-13(2)55)75-22(11-54)35(37)77-43-33(69)39(29(65)21(10-53)74-43)81-45(44(70)71)5-17(58)23(47-14(3)56)36(80-45)27(63)19(60)8-51/h12,16-43,49-54,58-69H,5-11H2,1-4H3,(H,46,55)(H,47,56)(H,48,57)(H,70,71)/t12-,16-,17-,18+,19+,20+,21+,22+,23+,24+,25+,26-,27+,28-,29-,30+,31-,32+,33+,34+,35+,36+,37+,38-,39-,40-,41-,42-,43-,45-/m0/s1. The minimum atomic E-state index is -3.26. The van der Waals surface area contributed by atoms with Gasteiger partial charge in [0.2, 0.25) is 17.7 Å². The molecule has 3 amide bonds. The molecule has 0 saturated carbocycles. The number of ether oxygens (including phenoxy) is 10. The molecule has 5 aliphatic heterocycles. The van der Waals surface area contributed by atoms with Gasteiger partial charge in [0.05, 0.1) is 63.9 Å². The van der Waals surface area contributed by atoms with Crippen LogP contribution in [0.15, 0.2) is 0 Å². The van der Waals surface area contributed by atoms with Crippen molar-refractivity contribution in [1.82, 2.24) is 16.0 Å². The third kappa shape index (κ3) is 15.6. The molecule has 0 unspecified atom stereocenters. The van der Waals surface area contributed by atoms with Gasteiger partial charge in [-0.2, -0.15) is 0 Å². The number of carboxylic acid groups (broad SMARTS) is 1. The van der Waals surface area contributed by atoms with Crippen LogP contribution in [0.1, 0.15) is 34.1 Å². The average molecular weight is 1190 g/mol. The Balaban J connectivity index is 1.58. The van der Waals surface area contributed by atoms with Crippen LogP contribution in [0.4, 0.5) is 0 Å². The highest BCUT2D eigenvalue weighted by Gasteiger charge is 2.62. The fourth-order valence-corrected chi connectivity index (χ4v) is 9.96. The van der Waals surface area contributed by atoms with Crippen molar-refractivity contribution in [3.05, 3.63) is 0 Å². The number of hydrogen-bond acceptors (Lipinski definition) is 32. The van der Waals surface area contributed by atoms with Gasteiger partial charge < -0.3 is 160 Å². The van der Waals surface area contributed by atoms with Crippen LogP contribution in [0.5, 0.6) is 0 Å². The smallest absolute Gasteiger partial charge is 0.364 e. The lowest BCUT2D eigenvalue weighted by Gasteiger charge is -2.52. The summed E-state index contributed by atoms with van der Waals surface area (Å²) < 4.78 is 58.7. The summed E-state index contributed by atoms with van der Waals surface area (Å²) >= 11 is 0. The maximum absolute atomic E-state index is 13.2. The van der Waals surface area contributed by atoms with Crippen LogP contribution < -0.4 is 16.0 Å². The lowest BCUT2D eigenvalue weighted by Crippen LogP contribution is -2.72. The predicted octanol–water partition coefficient (Wildman–Crippen LogP) is -13.8. The highest BCUT2D eigenvalue weighted by Crippen LogP contribution is 2.40. The Labute approximate surface area is 459 Å². The van der Waals surface area contributed by atoms with E-state index in [0.717, 1.165) is 20.8 Å². The monoisotopic (exact) mass is 1190 g/mol. The van der Waals surface area contributed by atoms with Crippen LogP contribution in [0.25, 0.3) is 0 Å². The van der Waals surface area contributed by atoms with Crippen molar-refractivity contribution < 1.29 is 164 Å². The van der Waals surface area contributed by atoms with Crippen molar-refractivity contribution in [1.29, 1.82) is 0 Å². The van der Waals surface area contributed by atoms with E-state index in [1.165, 1.54) is 6.92 Å².